The van der Waals surface area contributed by atoms with Crippen LogP contribution in [-0.4, -0.2) is 47.0 Å². The molecule has 0 saturated carbocycles. The van der Waals surface area contributed by atoms with E-state index in [1.807, 2.05) is 60.4 Å². The molecule has 1 aliphatic rings. The molecule has 188 valence electrons. The number of aromatic nitrogens is 2. The molecule has 2 heterocycles. The monoisotopic (exact) mass is 494 g/mol. The van der Waals surface area contributed by atoms with Crippen molar-refractivity contribution in [3.63, 3.8) is 0 Å². The molecular formula is C31H31FN4O. The average Bonchev–Trinajstić information content (AvgIpc) is 2.94. The molecule has 1 fully saturated rings. The molecule has 5 rings (SSSR count). The van der Waals surface area contributed by atoms with Gasteiger partial charge in [-0.05, 0) is 48.7 Å². The summed E-state index contributed by atoms with van der Waals surface area (Å²) in [4.78, 5) is 27.0. The van der Waals surface area contributed by atoms with Crippen LogP contribution in [0.15, 0.2) is 78.9 Å². The van der Waals surface area contributed by atoms with Crippen LogP contribution in [-0.2, 0) is 12.8 Å². The molecule has 0 bridgehead atoms. The summed E-state index contributed by atoms with van der Waals surface area (Å²) in [6.07, 6.45) is 1.66. The number of carbonyl (C=O) groups excluding carboxylic acids is 1. The Morgan fingerprint density at radius 3 is 2.27 bits per heavy atom. The summed E-state index contributed by atoms with van der Waals surface area (Å²) >= 11 is 0. The predicted molar refractivity (Wildman–Crippen MR) is 145 cm³/mol. The maximum absolute atomic E-state index is 14.0. The van der Waals surface area contributed by atoms with Crippen LogP contribution >= 0.6 is 0 Å². The van der Waals surface area contributed by atoms with Crippen molar-refractivity contribution < 1.29 is 9.18 Å². The first-order chi connectivity index (χ1) is 18.0. The van der Waals surface area contributed by atoms with Gasteiger partial charge in [0.1, 0.15) is 11.6 Å². The Balaban J connectivity index is 1.42. The molecule has 0 spiro atoms. The molecule has 0 radical (unpaired) electrons. The van der Waals surface area contributed by atoms with Crippen molar-refractivity contribution >= 4 is 11.7 Å². The molecule has 1 saturated heterocycles. The van der Waals surface area contributed by atoms with Crippen LogP contribution < -0.4 is 4.90 Å². The largest absolute Gasteiger partial charge is 0.353 e. The van der Waals surface area contributed by atoms with Crippen molar-refractivity contribution in [3.05, 3.63) is 113 Å². The molecule has 1 aliphatic heterocycles. The van der Waals surface area contributed by atoms with Gasteiger partial charge in [0.2, 0.25) is 0 Å². The van der Waals surface area contributed by atoms with E-state index in [0.29, 0.717) is 44.0 Å². The molecular weight excluding hydrogens is 463 g/mol. The summed E-state index contributed by atoms with van der Waals surface area (Å²) in [6.45, 7) is 6.65. The fourth-order valence-electron chi connectivity index (χ4n) is 4.79. The number of amides is 1. The van der Waals surface area contributed by atoms with E-state index in [1.165, 1.54) is 23.3 Å². The minimum Gasteiger partial charge on any atom is -0.353 e. The Hall–Kier alpha value is -4.06. The molecule has 3 aromatic carbocycles. The van der Waals surface area contributed by atoms with Crippen LogP contribution in [0.1, 0.15) is 39.7 Å². The number of carbonyl (C=O) groups is 1. The van der Waals surface area contributed by atoms with Crippen LogP contribution in [0.5, 0.6) is 0 Å². The number of piperazine rings is 1. The second kappa shape index (κ2) is 10.9. The smallest absolute Gasteiger partial charge is 0.253 e. The van der Waals surface area contributed by atoms with Crippen LogP contribution in [0.4, 0.5) is 10.2 Å². The highest BCUT2D eigenvalue weighted by Crippen LogP contribution is 2.29. The van der Waals surface area contributed by atoms with Crippen LogP contribution in [0.25, 0.3) is 11.4 Å². The number of hydrogen-bond donors (Lipinski definition) is 0. The third-order valence-electron chi connectivity index (χ3n) is 6.97. The van der Waals surface area contributed by atoms with Gasteiger partial charge in [0.25, 0.3) is 5.91 Å². The van der Waals surface area contributed by atoms with Gasteiger partial charge in [-0.25, -0.2) is 14.4 Å². The van der Waals surface area contributed by atoms with E-state index in [0.717, 1.165) is 29.1 Å². The fraction of sp³-hybridized carbons (Fsp3) is 0.258. The minimum atomic E-state index is -0.312. The topological polar surface area (TPSA) is 49.3 Å². The van der Waals surface area contributed by atoms with Crippen molar-refractivity contribution in [2.45, 2.75) is 26.7 Å². The quantitative estimate of drug-likeness (QED) is 0.345. The standard InChI is InChI=1S/C31H31FN4O/c1-3-23-12-14-25(15-13-23)31(37)36-18-16-35(17-19-36)30-28(20-24-8-5-4-6-9-24)22(2)33-29(34-30)26-10-7-11-27(32)21-26/h4-15,21H,3,16-20H2,1-2H3. The number of rotatable bonds is 6. The Bertz CT molecular complexity index is 1380. The van der Waals surface area contributed by atoms with Gasteiger partial charge in [-0.3, -0.25) is 4.79 Å². The fourth-order valence-corrected chi connectivity index (χ4v) is 4.79. The van der Waals surface area contributed by atoms with Crippen LogP contribution in [0, 0.1) is 12.7 Å². The van der Waals surface area contributed by atoms with E-state index in [4.69, 9.17) is 9.97 Å². The maximum atomic E-state index is 14.0. The molecule has 5 nitrogen and oxygen atoms in total. The third-order valence-corrected chi connectivity index (χ3v) is 6.97. The summed E-state index contributed by atoms with van der Waals surface area (Å²) in [5, 5.41) is 0. The number of benzene rings is 3. The van der Waals surface area contributed by atoms with Crippen molar-refractivity contribution in [2.24, 2.45) is 0 Å². The average molecular weight is 495 g/mol. The summed E-state index contributed by atoms with van der Waals surface area (Å²) < 4.78 is 14.0. The minimum absolute atomic E-state index is 0.0612. The molecule has 37 heavy (non-hydrogen) atoms. The lowest BCUT2D eigenvalue weighted by Crippen LogP contribution is -2.49. The van der Waals surface area contributed by atoms with Crippen molar-refractivity contribution in [2.75, 3.05) is 31.1 Å². The van der Waals surface area contributed by atoms with Gasteiger partial charge in [0.05, 0.1) is 0 Å². The van der Waals surface area contributed by atoms with Gasteiger partial charge in [-0.2, -0.15) is 0 Å². The third kappa shape index (κ3) is 5.53. The van der Waals surface area contributed by atoms with Crippen molar-refractivity contribution in [1.29, 1.82) is 0 Å². The Labute approximate surface area is 217 Å². The number of nitrogens with zero attached hydrogens (tertiary/aromatic N) is 4. The van der Waals surface area contributed by atoms with Gasteiger partial charge < -0.3 is 9.80 Å². The van der Waals surface area contributed by atoms with E-state index in [-0.39, 0.29) is 11.7 Å². The van der Waals surface area contributed by atoms with E-state index in [9.17, 15) is 9.18 Å². The predicted octanol–water partition coefficient (Wildman–Crippen LogP) is 5.71. The number of anilines is 1. The van der Waals surface area contributed by atoms with Gasteiger partial charge >= 0.3 is 0 Å². The van der Waals surface area contributed by atoms with E-state index in [1.54, 1.807) is 6.07 Å². The Kier molecular flexibility index (Phi) is 7.26. The summed E-state index contributed by atoms with van der Waals surface area (Å²) in [7, 11) is 0. The highest BCUT2D eigenvalue weighted by atomic mass is 19.1. The zero-order valence-electron chi connectivity index (χ0n) is 21.3. The summed E-state index contributed by atoms with van der Waals surface area (Å²) in [6, 6.07) is 24.6. The summed E-state index contributed by atoms with van der Waals surface area (Å²) in [5.74, 6) is 1.12. The number of halogens is 1. The molecule has 4 aromatic rings. The molecule has 1 aromatic heterocycles. The normalized spacial score (nSPS) is 13.6. The lowest BCUT2D eigenvalue weighted by Gasteiger charge is -2.36. The Morgan fingerprint density at radius 1 is 0.865 bits per heavy atom. The van der Waals surface area contributed by atoms with Crippen molar-refractivity contribution in [1.82, 2.24) is 14.9 Å². The van der Waals surface area contributed by atoms with E-state index >= 15 is 0 Å². The second-order valence-electron chi connectivity index (χ2n) is 9.44. The first kappa shape index (κ1) is 24.6. The van der Waals surface area contributed by atoms with Gasteiger partial charge in [0.15, 0.2) is 5.82 Å². The lowest BCUT2D eigenvalue weighted by molar-refractivity contribution is 0.0746. The van der Waals surface area contributed by atoms with Crippen molar-refractivity contribution in [3.8, 4) is 11.4 Å². The SMILES string of the molecule is CCc1ccc(C(=O)N2CCN(c3nc(-c4cccc(F)c4)nc(C)c3Cc3ccccc3)CC2)cc1. The van der Waals surface area contributed by atoms with Gasteiger partial charge in [-0.1, -0.05) is 61.5 Å². The zero-order valence-corrected chi connectivity index (χ0v) is 21.3. The van der Waals surface area contributed by atoms with E-state index in [2.05, 4.69) is 24.0 Å². The number of hydrogen-bond acceptors (Lipinski definition) is 4. The molecule has 0 unspecified atom stereocenters. The van der Waals surface area contributed by atoms with E-state index < -0.39 is 0 Å². The number of aryl methyl sites for hydroxylation is 2. The first-order valence-electron chi connectivity index (χ1n) is 12.8. The van der Waals surface area contributed by atoms with Gasteiger partial charge in [0, 0.05) is 55.0 Å². The lowest BCUT2D eigenvalue weighted by atomic mass is 10.0. The van der Waals surface area contributed by atoms with Crippen LogP contribution in [0.2, 0.25) is 0 Å². The first-order valence-corrected chi connectivity index (χ1v) is 12.8. The van der Waals surface area contributed by atoms with Crippen LogP contribution in [0.3, 0.4) is 0 Å². The second-order valence-corrected chi connectivity index (χ2v) is 9.44. The highest BCUT2D eigenvalue weighted by molar-refractivity contribution is 5.94. The highest BCUT2D eigenvalue weighted by Gasteiger charge is 2.26. The van der Waals surface area contributed by atoms with Gasteiger partial charge in [-0.15, -0.1) is 0 Å². The zero-order chi connectivity index (χ0) is 25.8. The Morgan fingerprint density at radius 2 is 1.59 bits per heavy atom. The maximum Gasteiger partial charge on any atom is 0.253 e. The summed E-state index contributed by atoms with van der Waals surface area (Å²) in [5.41, 5.74) is 5.71. The molecule has 6 heteroatoms. The molecule has 0 aliphatic carbocycles. The molecule has 0 N–H and O–H groups in total. The molecule has 1 amide bonds. The molecule has 0 atom stereocenters.